The SMILES string of the molecule is O=C(CNC(=O)c1ccccc1F)NC1(c2ccc(F)cc2)CCC1. The van der Waals surface area contributed by atoms with Gasteiger partial charge in [-0.05, 0) is 49.1 Å². The highest BCUT2D eigenvalue weighted by Crippen LogP contribution is 2.41. The van der Waals surface area contributed by atoms with Crippen LogP contribution in [0.25, 0.3) is 0 Å². The zero-order valence-electron chi connectivity index (χ0n) is 13.5. The minimum Gasteiger partial charge on any atom is -0.345 e. The second-order valence-corrected chi connectivity index (χ2v) is 6.15. The standard InChI is InChI=1S/C19H18F2N2O2/c20-14-8-6-13(7-9-14)19(10-3-11-19)23-17(24)12-22-18(25)15-4-1-2-5-16(15)21/h1-2,4-9H,3,10-12H2,(H,22,25)(H,23,24). The molecule has 4 nitrogen and oxygen atoms in total. The molecule has 0 heterocycles. The van der Waals surface area contributed by atoms with Crippen LogP contribution >= 0.6 is 0 Å². The Bertz CT molecular complexity index is 786. The summed E-state index contributed by atoms with van der Waals surface area (Å²) in [6.45, 7) is -0.254. The third-order valence-electron chi connectivity index (χ3n) is 4.51. The summed E-state index contributed by atoms with van der Waals surface area (Å²) in [7, 11) is 0. The molecule has 0 bridgehead atoms. The summed E-state index contributed by atoms with van der Waals surface area (Å²) < 4.78 is 26.7. The van der Waals surface area contributed by atoms with Crippen molar-refractivity contribution in [2.45, 2.75) is 24.8 Å². The Hall–Kier alpha value is -2.76. The van der Waals surface area contributed by atoms with Crippen LogP contribution in [0.5, 0.6) is 0 Å². The summed E-state index contributed by atoms with van der Waals surface area (Å²) in [4.78, 5) is 24.2. The molecule has 0 radical (unpaired) electrons. The van der Waals surface area contributed by atoms with Gasteiger partial charge in [-0.3, -0.25) is 9.59 Å². The monoisotopic (exact) mass is 344 g/mol. The van der Waals surface area contributed by atoms with Crippen molar-refractivity contribution < 1.29 is 18.4 Å². The van der Waals surface area contributed by atoms with E-state index >= 15 is 0 Å². The maximum atomic E-state index is 13.6. The highest BCUT2D eigenvalue weighted by Gasteiger charge is 2.39. The van der Waals surface area contributed by atoms with Crippen molar-refractivity contribution in [1.29, 1.82) is 0 Å². The van der Waals surface area contributed by atoms with E-state index in [2.05, 4.69) is 10.6 Å². The summed E-state index contributed by atoms with van der Waals surface area (Å²) in [5, 5.41) is 5.34. The van der Waals surface area contributed by atoms with Gasteiger partial charge < -0.3 is 10.6 Å². The molecule has 0 saturated heterocycles. The number of amides is 2. The zero-order valence-corrected chi connectivity index (χ0v) is 13.5. The molecule has 2 amide bonds. The second-order valence-electron chi connectivity index (χ2n) is 6.15. The van der Waals surface area contributed by atoms with Gasteiger partial charge in [0.25, 0.3) is 5.91 Å². The number of carbonyl (C=O) groups is 2. The van der Waals surface area contributed by atoms with Crippen molar-refractivity contribution in [2.24, 2.45) is 0 Å². The molecule has 0 aromatic heterocycles. The fourth-order valence-corrected chi connectivity index (χ4v) is 3.00. The van der Waals surface area contributed by atoms with E-state index in [1.165, 1.54) is 30.3 Å². The number of hydrogen-bond acceptors (Lipinski definition) is 2. The summed E-state index contributed by atoms with van der Waals surface area (Å²) in [5.41, 5.74) is 0.217. The quantitative estimate of drug-likeness (QED) is 0.876. The molecule has 0 atom stereocenters. The molecule has 1 aliphatic carbocycles. The highest BCUT2D eigenvalue weighted by atomic mass is 19.1. The van der Waals surface area contributed by atoms with E-state index in [9.17, 15) is 18.4 Å². The minimum atomic E-state index is -0.641. The molecule has 25 heavy (non-hydrogen) atoms. The van der Waals surface area contributed by atoms with Crippen LogP contribution in [0, 0.1) is 11.6 Å². The Balaban J connectivity index is 1.61. The van der Waals surface area contributed by atoms with Crippen LogP contribution in [0.3, 0.4) is 0 Å². The summed E-state index contributed by atoms with van der Waals surface area (Å²) >= 11 is 0. The van der Waals surface area contributed by atoms with Crippen LogP contribution < -0.4 is 10.6 Å². The number of hydrogen-bond donors (Lipinski definition) is 2. The molecule has 1 fully saturated rings. The summed E-state index contributed by atoms with van der Waals surface area (Å²) in [6, 6.07) is 11.6. The first-order valence-corrected chi connectivity index (χ1v) is 8.10. The summed E-state index contributed by atoms with van der Waals surface area (Å²) in [6.07, 6.45) is 2.47. The van der Waals surface area contributed by atoms with Crippen molar-refractivity contribution in [3.8, 4) is 0 Å². The number of nitrogens with one attached hydrogen (secondary N) is 2. The molecule has 130 valence electrons. The van der Waals surface area contributed by atoms with Crippen LogP contribution in [-0.2, 0) is 10.3 Å². The number of halogens is 2. The lowest BCUT2D eigenvalue weighted by Gasteiger charge is -2.43. The smallest absolute Gasteiger partial charge is 0.254 e. The largest absolute Gasteiger partial charge is 0.345 e. The Labute approximate surface area is 144 Å². The van der Waals surface area contributed by atoms with Crippen molar-refractivity contribution >= 4 is 11.8 Å². The lowest BCUT2D eigenvalue weighted by atomic mass is 9.72. The van der Waals surface area contributed by atoms with E-state index in [4.69, 9.17) is 0 Å². The molecular formula is C19H18F2N2O2. The predicted molar refractivity (Wildman–Crippen MR) is 88.8 cm³/mol. The van der Waals surface area contributed by atoms with Crippen LogP contribution in [-0.4, -0.2) is 18.4 Å². The number of rotatable bonds is 5. The molecule has 2 N–H and O–H groups in total. The van der Waals surface area contributed by atoms with Crippen LogP contribution in [0.4, 0.5) is 8.78 Å². The van der Waals surface area contributed by atoms with Crippen LogP contribution in [0.15, 0.2) is 48.5 Å². The van der Waals surface area contributed by atoms with Crippen LogP contribution in [0.2, 0.25) is 0 Å². The fraction of sp³-hybridized carbons (Fsp3) is 0.263. The summed E-state index contributed by atoms with van der Waals surface area (Å²) in [5.74, 6) is -1.98. The Morgan fingerprint density at radius 1 is 1.00 bits per heavy atom. The molecule has 1 aliphatic rings. The maximum Gasteiger partial charge on any atom is 0.254 e. The number of carbonyl (C=O) groups excluding carboxylic acids is 2. The van der Waals surface area contributed by atoms with Gasteiger partial charge in [-0.1, -0.05) is 24.3 Å². The van der Waals surface area contributed by atoms with E-state index in [-0.39, 0.29) is 23.8 Å². The van der Waals surface area contributed by atoms with Gasteiger partial charge in [-0.25, -0.2) is 8.78 Å². The van der Waals surface area contributed by atoms with Gasteiger partial charge in [-0.2, -0.15) is 0 Å². The van der Waals surface area contributed by atoms with E-state index in [0.29, 0.717) is 0 Å². The molecule has 1 saturated carbocycles. The molecule has 0 unspecified atom stereocenters. The first kappa shape index (κ1) is 17.1. The molecular weight excluding hydrogens is 326 g/mol. The van der Waals surface area contributed by atoms with Gasteiger partial charge in [0.05, 0.1) is 17.6 Å². The highest BCUT2D eigenvalue weighted by molar-refractivity contribution is 5.96. The topological polar surface area (TPSA) is 58.2 Å². The average Bonchev–Trinajstić information content (AvgIpc) is 2.57. The van der Waals surface area contributed by atoms with Crippen molar-refractivity contribution in [1.82, 2.24) is 10.6 Å². The third-order valence-corrected chi connectivity index (χ3v) is 4.51. The normalized spacial score (nSPS) is 15.1. The van der Waals surface area contributed by atoms with E-state index in [0.717, 1.165) is 24.8 Å². The van der Waals surface area contributed by atoms with Gasteiger partial charge in [0.15, 0.2) is 0 Å². The van der Waals surface area contributed by atoms with Gasteiger partial charge in [-0.15, -0.1) is 0 Å². The second kappa shape index (κ2) is 7.01. The Kier molecular flexibility index (Phi) is 4.79. The lowest BCUT2D eigenvalue weighted by Crippen LogP contribution is -2.53. The predicted octanol–water partition coefficient (Wildman–Crippen LogP) is 2.89. The van der Waals surface area contributed by atoms with Gasteiger partial charge in [0.1, 0.15) is 11.6 Å². The van der Waals surface area contributed by atoms with E-state index < -0.39 is 17.3 Å². The van der Waals surface area contributed by atoms with Crippen molar-refractivity contribution in [3.63, 3.8) is 0 Å². The first-order valence-electron chi connectivity index (χ1n) is 8.10. The maximum absolute atomic E-state index is 13.6. The molecule has 2 aromatic carbocycles. The van der Waals surface area contributed by atoms with Gasteiger partial charge in [0, 0.05) is 0 Å². The molecule has 6 heteroatoms. The molecule has 2 aromatic rings. The molecule has 3 rings (SSSR count). The van der Waals surface area contributed by atoms with Gasteiger partial charge in [0.2, 0.25) is 5.91 Å². The van der Waals surface area contributed by atoms with Crippen LogP contribution in [0.1, 0.15) is 35.2 Å². The lowest BCUT2D eigenvalue weighted by molar-refractivity contribution is -0.123. The Morgan fingerprint density at radius 2 is 1.68 bits per heavy atom. The zero-order chi connectivity index (χ0) is 17.9. The average molecular weight is 344 g/mol. The fourth-order valence-electron chi connectivity index (χ4n) is 3.00. The van der Waals surface area contributed by atoms with Crippen molar-refractivity contribution in [3.05, 3.63) is 71.3 Å². The van der Waals surface area contributed by atoms with E-state index in [1.807, 2.05) is 0 Å². The van der Waals surface area contributed by atoms with Gasteiger partial charge >= 0.3 is 0 Å². The van der Waals surface area contributed by atoms with E-state index in [1.54, 1.807) is 18.2 Å². The first-order chi connectivity index (χ1) is 12.0. The van der Waals surface area contributed by atoms with Crippen molar-refractivity contribution in [2.75, 3.05) is 6.54 Å². The molecule has 0 spiro atoms. The number of benzene rings is 2. The minimum absolute atomic E-state index is 0.104. The third kappa shape index (κ3) is 3.68. The Morgan fingerprint density at radius 3 is 2.28 bits per heavy atom. The molecule has 0 aliphatic heterocycles.